The first-order valence-corrected chi connectivity index (χ1v) is 10.4. The molecule has 0 heterocycles. The first kappa shape index (κ1) is 19.5. The molecule has 1 atom stereocenters. The minimum absolute atomic E-state index is 0.332. The third-order valence-corrected chi connectivity index (χ3v) is 5.89. The van der Waals surface area contributed by atoms with Crippen LogP contribution in [0.25, 0.3) is 0 Å². The Morgan fingerprint density at radius 3 is 1.70 bits per heavy atom. The van der Waals surface area contributed by atoms with Crippen LogP contribution in [0, 0.1) is 11.3 Å². The average Bonchev–Trinajstić information content (AvgIpc) is 2.68. The summed E-state index contributed by atoms with van der Waals surface area (Å²) in [5.74, 6) is 0.813. The summed E-state index contributed by atoms with van der Waals surface area (Å²) < 4.78 is 12.1. The molecule has 0 saturated heterocycles. The van der Waals surface area contributed by atoms with Crippen molar-refractivity contribution in [2.75, 3.05) is 6.16 Å². The number of benzene rings is 3. The van der Waals surface area contributed by atoms with E-state index in [4.69, 9.17) is 32.2 Å². The molecule has 0 radical (unpaired) electrons. The lowest BCUT2D eigenvalue weighted by atomic mass is 10.0. The van der Waals surface area contributed by atoms with Gasteiger partial charge in [-0.25, -0.2) is 0 Å². The van der Waals surface area contributed by atoms with Gasteiger partial charge >= 0.3 is 0 Å². The quantitative estimate of drug-likeness (QED) is 0.387. The van der Waals surface area contributed by atoms with E-state index in [2.05, 4.69) is 6.07 Å². The summed E-state index contributed by atoms with van der Waals surface area (Å²) in [6.07, 6.45) is 0.332. The molecule has 0 saturated carbocycles. The summed E-state index contributed by atoms with van der Waals surface area (Å²) in [5, 5.41) is 10.7. The largest absolute Gasteiger partial charge is 0.439 e. The van der Waals surface area contributed by atoms with Crippen molar-refractivity contribution in [3.8, 4) is 17.6 Å². The van der Waals surface area contributed by atoms with Gasteiger partial charge in [0.05, 0.1) is 18.1 Å². The Labute approximate surface area is 170 Å². The summed E-state index contributed by atoms with van der Waals surface area (Å²) in [4.78, 5) is 0. The van der Waals surface area contributed by atoms with Crippen molar-refractivity contribution in [2.45, 2.75) is 5.92 Å². The highest BCUT2D eigenvalue weighted by atomic mass is 35.5. The van der Waals surface area contributed by atoms with Gasteiger partial charge in [-0.05, 0) is 36.4 Å². The topological polar surface area (TPSA) is 42.2 Å². The van der Waals surface area contributed by atoms with Crippen molar-refractivity contribution in [3.05, 3.63) is 94.5 Å². The van der Waals surface area contributed by atoms with Crippen molar-refractivity contribution < 1.29 is 9.05 Å². The van der Waals surface area contributed by atoms with Crippen molar-refractivity contribution in [1.82, 2.24) is 0 Å². The summed E-state index contributed by atoms with van der Waals surface area (Å²) in [7, 11) is -1.45. The van der Waals surface area contributed by atoms with E-state index in [0.717, 1.165) is 0 Å². The zero-order valence-electron chi connectivity index (χ0n) is 14.3. The molecule has 0 aliphatic rings. The van der Waals surface area contributed by atoms with Crippen LogP contribution in [0.5, 0.6) is 11.5 Å². The van der Waals surface area contributed by atoms with Crippen LogP contribution in [0.4, 0.5) is 0 Å². The van der Waals surface area contributed by atoms with Gasteiger partial charge in [-0.2, -0.15) is 5.26 Å². The predicted octanol–water partition coefficient (Wildman–Crippen LogP) is 7.07. The first-order valence-electron chi connectivity index (χ1n) is 8.24. The summed E-state index contributed by atoms with van der Waals surface area (Å²) in [6, 6.07) is 26.3. The predicted molar refractivity (Wildman–Crippen MR) is 111 cm³/mol. The van der Waals surface area contributed by atoms with Crippen LogP contribution in [0.3, 0.4) is 0 Å². The summed E-state index contributed by atoms with van der Waals surface area (Å²) in [6.45, 7) is 0. The van der Waals surface area contributed by atoms with Crippen LogP contribution >= 0.6 is 31.6 Å². The Morgan fingerprint density at radius 2 is 1.26 bits per heavy atom. The fourth-order valence-corrected chi connectivity index (χ4v) is 4.60. The maximum absolute atomic E-state index is 9.74. The fourth-order valence-electron chi connectivity index (χ4n) is 2.48. The molecule has 0 aliphatic heterocycles. The maximum atomic E-state index is 9.74. The molecule has 0 aromatic heterocycles. The molecule has 0 N–H and O–H groups in total. The standard InChI is InChI=1S/C21H16Cl2NO2P/c22-19-12-7-13-20(23)21(19)16(14-24)15-27(25-17-8-3-1-4-9-17)26-18-10-5-2-6-11-18/h1-13,16H,15H2. The molecule has 0 spiro atoms. The third-order valence-electron chi connectivity index (χ3n) is 3.74. The van der Waals surface area contributed by atoms with Gasteiger partial charge < -0.3 is 9.05 Å². The zero-order valence-corrected chi connectivity index (χ0v) is 16.7. The number of hydrogen-bond donors (Lipinski definition) is 0. The zero-order chi connectivity index (χ0) is 19.1. The van der Waals surface area contributed by atoms with Gasteiger partial charge in [-0.1, -0.05) is 65.7 Å². The number of nitriles is 1. The Hall–Kier alpha value is -2.24. The minimum atomic E-state index is -1.45. The molecular formula is C21H16Cl2NO2P. The normalized spacial score (nSPS) is 11.6. The minimum Gasteiger partial charge on any atom is -0.439 e. The molecule has 1 unspecified atom stereocenters. The van der Waals surface area contributed by atoms with Crippen LogP contribution in [0.2, 0.25) is 10.0 Å². The number of rotatable bonds is 7. The molecule has 3 rings (SSSR count). The molecule has 27 heavy (non-hydrogen) atoms. The lowest BCUT2D eigenvalue weighted by molar-refractivity contribution is 0.487. The highest BCUT2D eigenvalue weighted by Gasteiger charge is 2.26. The van der Waals surface area contributed by atoms with E-state index < -0.39 is 14.3 Å². The van der Waals surface area contributed by atoms with Crippen molar-refractivity contribution in [2.24, 2.45) is 0 Å². The Morgan fingerprint density at radius 1 is 0.778 bits per heavy atom. The monoisotopic (exact) mass is 415 g/mol. The van der Waals surface area contributed by atoms with Gasteiger partial charge in [0.2, 0.25) is 0 Å². The van der Waals surface area contributed by atoms with Crippen LogP contribution in [0.1, 0.15) is 11.5 Å². The number of hydrogen-bond acceptors (Lipinski definition) is 3. The molecule has 0 bridgehead atoms. The van der Waals surface area contributed by atoms with Gasteiger partial charge in [0, 0.05) is 15.6 Å². The van der Waals surface area contributed by atoms with E-state index in [9.17, 15) is 5.26 Å². The second-order valence-electron chi connectivity index (χ2n) is 5.64. The SMILES string of the molecule is N#CC(CP(Oc1ccccc1)Oc1ccccc1)c1c(Cl)cccc1Cl. The van der Waals surface area contributed by atoms with Gasteiger partial charge in [-0.15, -0.1) is 0 Å². The van der Waals surface area contributed by atoms with Crippen LogP contribution in [0.15, 0.2) is 78.9 Å². The van der Waals surface area contributed by atoms with Gasteiger partial charge in [-0.3, -0.25) is 0 Å². The maximum Gasteiger partial charge on any atom is 0.292 e. The highest BCUT2D eigenvalue weighted by molar-refractivity contribution is 7.48. The molecular weight excluding hydrogens is 400 g/mol. The fraction of sp³-hybridized carbons (Fsp3) is 0.0952. The highest BCUT2D eigenvalue weighted by Crippen LogP contribution is 2.45. The number of halogens is 2. The van der Waals surface area contributed by atoms with E-state index in [-0.39, 0.29) is 0 Å². The molecule has 136 valence electrons. The number of nitrogens with zero attached hydrogens (tertiary/aromatic N) is 1. The molecule has 6 heteroatoms. The molecule has 3 nitrogen and oxygen atoms in total. The van der Waals surface area contributed by atoms with Crippen LogP contribution in [-0.4, -0.2) is 6.16 Å². The number of para-hydroxylation sites is 2. The van der Waals surface area contributed by atoms with E-state index in [0.29, 0.717) is 33.3 Å². The van der Waals surface area contributed by atoms with E-state index in [1.165, 1.54) is 0 Å². The second kappa shape index (κ2) is 9.62. The van der Waals surface area contributed by atoms with Crippen molar-refractivity contribution >= 4 is 31.6 Å². The molecule has 0 aliphatic carbocycles. The van der Waals surface area contributed by atoms with Gasteiger partial charge in [0.1, 0.15) is 11.5 Å². The summed E-state index contributed by atoms with van der Waals surface area (Å²) in [5.41, 5.74) is 0.601. The van der Waals surface area contributed by atoms with Crippen LogP contribution in [-0.2, 0) is 0 Å². The third kappa shape index (κ3) is 5.37. The second-order valence-corrected chi connectivity index (χ2v) is 7.85. The lowest BCUT2D eigenvalue weighted by Gasteiger charge is -2.22. The molecule has 3 aromatic carbocycles. The van der Waals surface area contributed by atoms with E-state index >= 15 is 0 Å². The summed E-state index contributed by atoms with van der Waals surface area (Å²) >= 11 is 12.6. The van der Waals surface area contributed by atoms with Crippen LogP contribution < -0.4 is 9.05 Å². The van der Waals surface area contributed by atoms with E-state index in [1.54, 1.807) is 18.2 Å². The Kier molecular flexibility index (Phi) is 6.96. The smallest absolute Gasteiger partial charge is 0.292 e. The first-order chi connectivity index (χ1) is 13.2. The van der Waals surface area contributed by atoms with Gasteiger partial charge in [0.25, 0.3) is 8.38 Å². The molecule has 3 aromatic rings. The molecule has 0 amide bonds. The van der Waals surface area contributed by atoms with Gasteiger partial charge in [0.15, 0.2) is 0 Å². The lowest BCUT2D eigenvalue weighted by Crippen LogP contribution is -2.08. The Balaban J connectivity index is 1.86. The molecule has 0 fully saturated rings. The average molecular weight is 416 g/mol. The van der Waals surface area contributed by atoms with E-state index in [1.807, 2.05) is 60.7 Å². The van der Waals surface area contributed by atoms with Crippen molar-refractivity contribution in [1.29, 1.82) is 5.26 Å². The Bertz CT molecular complexity index is 855. The van der Waals surface area contributed by atoms with Crippen molar-refractivity contribution in [3.63, 3.8) is 0 Å².